The Hall–Kier alpha value is -3.34. The number of nitrogens with one attached hydrogen (secondary N) is 1. The van der Waals surface area contributed by atoms with Gasteiger partial charge in [-0.1, -0.05) is 30.3 Å². The summed E-state index contributed by atoms with van der Waals surface area (Å²) in [5.41, 5.74) is 2.83. The molecule has 2 aromatic carbocycles. The van der Waals surface area contributed by atoms with E-state index in [2.05, 4.69) is 10.4 Å². The molecule has 1 heterocycles. The molecule has 0 unspecified atom stereocenters. The van der Waals surface area contributed by atoms with Crippen LogP contribution >= 0.6 is 0 Å². The molecule has 0 atom stereocenters. The molecule has 3 rings (SSSR count). The fourth-order valence-electron chi connectivity index (χ4n) is 2.34. The minimum Gasteiger partial charge on any atom is -0.497 e. The number of benzene rings is 2. The van der Waals surface area contributed by atoms with Gasteiger partial charge in [0, 0.05) is 24.4 Å². The van der Waals surface area contributed by atoms with Crippen molar-refractivity contribution in [2.24, 2.45) is 0 Å². The molecule has 0 aliphatic heterocycles. The average Bonchev–Trinajstić information content (AvgIpc) is 3.15. The lowest BCUT2D eigenvalue weighted by atomic mass is 10.2. The van der Waals surface area contributed by atoms with Gasteiger partial charge in [-0.15, -0.1) is 0 Å². The SMILES string of the molecule is COc1cccc(/C=C/C(=O)NCc2cnn(-c3ccccc3)c2)c1. The zero-order valence-electron chi connectivity index (χ0n) is 13.9. The number of carbonyl (C=O) groups is 1. The number of methoxy groups -OCH3 is 1. The smallest absolute Gasteiger partial charge is 0.244 e. The van der Waals surface area contributed by atoms with E-state index in [0.29, 0.717) is 6.54 Å². The number of para-hydroxylation sites is 1. The van der Waals surface area contributed by atoms with Crippen LogP contribution in [0.1, 0.15) is 11.1 Å². The van der Waals surface area contributed by atoms with Crippen molar-refractivity contribution in [1.29, 1.82) is 0 Å². The highest BCUT2D eigenvalue weighted by molar-refractivity contribution is 5.91. The molecule has 126 valence electrons. The van der Waals surface area contributed by atoms with Crippen molar-refractivity contribution in [2.45, 2.75) is 6.54 Å². The average molecular weight is 333 g/mol. The molecule has 0 aliphatic rings. The molecule has 0 aliphatic carbocycles. The molecule has 0 bridgehead atoms. The molecule has 0 saturated heterocycles. The molecule has 0 radical (unpaired) electrons. The van der Waals surface area contributed by atoms with Crippen LogP contribution in [0.3, 0.4) is 0 Å². The summed E-state index contributed by atoms with van der Waals surface area (Å²) in [4.78, 5) is 12.0. The first-order chi connectivity index (χ1) is 12.2. The molecule has 3 aromatic rings. The third-order valence-corrected chi connectivity index (χ3v) is 3.64. The van der Waals surface area contributed by atoms with Gasteiger partial charge in [-0.2, -0.15) is 5.10 Å². The predicted molar refractivity (Wildman–Crippen MR) is 97.4 cm³/mol. The lowest BCUT2D eigenvalue weighted by Crippen LogP contribution is -2.19. The lowest BCUT2D eigenvalue weighted by Gasteiger charge is -2.01. The molecule has 1 N–H and O–H groups in total. The Morgan fingerprint density at radius 2 is 2.04 bits per heavy atom. The monoisotopic (exact) mass is 333 g/mol. The van der Waals surface area contributed by atoms with Crippen LogP contribution in [-0.2, 0) is 11.3 Å². The maximum Gasteiger partial charge on any atom is 0.244 e. The van der Waals surface area contributed by atoms with Crippen LogP contribution < -0.4 is 10.1 Å². The van der Waals surface area contributed by atoms with Crippen LogP contribution in [0.4, 0.5) is 0 Å². The normalized spacial score (nSPS) is 10.8. The Balaban J connectivity index is 1.55. The van der Waals surface area contributed by atoms with Gasteiger partial charge in [0.2, 0.25) is 5.91 Å². The zero-order valence-corrected chi connectivity index (χ0v) is 13.9. The molecule has 0 spiro atoms. The maximum absolute atomic E-state index is 12.0. The number of carbonyl (C=O) groups excluding carboxylic acids is 1. The van der Waals surface area contributed by atoms with Crippen molar-refractivity contribution >= 4 is 12.0 Å². The standard InChI is InChI=1S/C20H19N3O2/c1-25-19-9-5-6-16(12-19)10-11-20(24)21-13-17-14-22-23(15-17)18-7-3-2-4-8-18/h2-12,14-15H,13H2,1H3,(H,21,24)/b11-10+. The Bertz CT molecular complexity index is 869. The van der Waals surface area contributed by atoms with Gasteiger partial charge in [-0.05, 0) is 35.9 Å². The van der Waals surface area contributed by atoms with Crippen molar-refractivity contribution in [3.05, 3.63) is 84.2 Å². The predicted octanol–water partition coefficient (Wildman–Crippen LogP) is 3.21. The summed E-state index contributed by atoms with van der Waals surface area (Å²) in [7, 11) is 1.62. The molecule has 1 aromatic heterocycles. The molecule has 5 heteroatoms. The summed E-state index contributed by atoms with van der Waals surface area (Å²) in [6.45, 7) is 0.425. The second kappa shape index (κ2) is 7.97. The summed E-state index contributed by atoms with van der Waals surface area (Å²) in [6.07, 6.45) is 6.92. The molecule has 0 saturated carbocycles. The van der Waals surface area contributed by atoms with Crippen molar-refractivity contribution in [1.82, 2.24) is 15.1 Å². The van der Waals surface area contributed by atoms with Gasteiger partial charge in [-0.3, -0.25) is 4.79 Å². The molecule has 0 fully saturated rings. The first kappa shape index (κ1) is 16.5. The van der Waals surface area contributed by atoms with Crippen LogP contribution in [0, 0.1) is 0 Å². The fourth-order valence-corrected chi connectivity index (χ4v) is 2.34. The van der Waals surface area contributed by atoms with Crippen LogP contribution in [0.25, 0.3) is 11.8 Å². The number of rotatable bonds is 6. The number of aromatic nitrogens is 2. The summed E-state index contributed by atoms with van der Waals surface area (Å²) in [5, 5.41) is 7.16. The minimum absolute atomic E-state index is 0.157. The quantitative estimate of drug-likeness (QED) is 0.705. The van der Waals surface area contributed by atoms with Crippen LogP contribution in [0.5, 0.6) is 5.75 Å². The Labute approximate surface area is 146 Å². The highest BCUT2D eigenvalue weighted by atomic mass is 16.5. The Kier molecular flexibility index (Phi) is 5.26. The van der Waals surface area contributed by atoms with Gasteiger partial charge in [0.25, 0.3) is 0 Å². The summed E-state index contributed by atoms with van der Waals surface area (Å²) >= 11 is 0. The van der Waals surface area contributed by atoms with E-state index in [9.17, 15) is 4.79 Å². The van der Waals surface area contributed by atoms with Gasteiger partial charge in [0.05, 0.1) is 19.0 Å². The Morgan fingerprint density at radius 3 is 2.84 bits per heavy atom. The number of amides is 1. The van der Waals surface area contributed by atoms with Crippen molar-refractivity contribution in [3.63, 3.8) is 0 Å². The second-order valence-electron chi connectivity index (χ2n) is 5.46. The van der Waals surface area contributed by atoms with Crippen LogP contribution in [-0.4, -0.2) is 22.8 Å². The molecule has 5 nitrogen and oxygen atoms in total. The number of hydrogen-bond donors (Lipinski definition) is 1. The van der Waals surface area contributed by atoms with Gasteiger partial charge >= 0.3 is 0 Å². The van der Waals surface area contributed by atoms with E-state index in [0.717, 1.165) is 22.6 Å². The van der Waals surface area contributed by atoms with Crippen molar-refractivity contribution < 1.29 is 9.53 Å². The van der Waals surface area contributed by atoms with E-state index >= 15 is 0 Å². The molecule has 1 amide bonds. The van der Waals surface area contributed by atoms with Crippen molar-refractivity contribution in [3.8, 4) is 11.4 Å². The van der Waals surface area contributed by atoms with Gasteiger partial charge in [0.15, 0.2) is 0 Å². The topological polar surface area (TPSA) is 56.1 Å². The summed E-state index contributed by atoms with van der Waals surface area (Å²) in [5.74, 6) is 0.603. The lowest BCUT2D eigenvalue weighted by molar-refractivity contribution is -0.116. The van der Waals surface area contributed by atoms with Crippen LogP contribution in [0.2, 0.25) is 0 Å². The minimum atomic E-state index is -0.157. The third-order valence-electron chi connectivity index (χ3n) is 3.64. The van der Waals surface area contributed by atoms with Gasteiger partial charge in [0.1, 0.15) is 5.75 Å². The fraction of sp³-hybridized carbons (Fsp3) is 0.100. The van der Waals surface area contributed by atoms with E-state index in [-0.39, 0.29) is 5.91 Å². The van der Waals surface area contributed by atoms with E-state index < -0.39 is 0 Å². The van der Waals surface area contributed by atoms with E-state index in [1.54, 1.807) is 24.1 Å². The van der Waals surface area contributed by atoms with Gasteiger partial charge in [-0.25, -0.2) is 4.68 Å². The van der Waals surface area contributed by atoms with Gasteiger partial charge < -0.3 is 10.1 Å². The second-order valence-corrected chi connectivity index (χ2v) is 5.46. The largest absolute Gasteiger partial charge is 0.497 e. The van der Waals surface area contributed by atoms with Crippen molar-refractivity contribution in [2.75, 3.05) is 7.11 Å². The zero-order chi connectivity index (χ0) is 17.5. The Morgan fingerprint density at radius 1 is 1.20 bits per heavy atom. The van der Waals surface area contributed by atoms with Crippen LogP contribution in [0.15, 0.2) is 73.1 Å². The number of ether oxygens (including phenoxy) is 1. The van der Waals surface area contributed by atoms with E-state index in [1.807, 2.05) is 60.8 Å². The third kappa shape index (κ3) is 4.57. The summed E-state index contributed by atoms with van der Waals surface area (Å²) in [6, 6.07) is 17.4. The summed E-state index contributed by atoms with van der Waals surface area (Å²) < 4.78 is 6.95. The molecular formula is C20H19N3O2. The first-order valence-electron chi connectivity index (χ1n) is 7.93. The highest BCUT2D eigenvalue weighted by Crippen LogP contribution is 2.13. The van der Waals surface area contributed by atoms with E-state index in [4.69, 9.17) is 4.74 Å². The number of hydrogen-bond acceptors (Lipinski definition) is 3. The first-order valence-corrected chi connectivity index (χ1v) is 7.93. The molecular weight excluding hydrogens is 314 g/mol. The highest BCUT2D eigenvalue weighted by Gasteiger charge is 2.02. The molecule has 25 heavy (non-hydrogen) atoms. The maximum atomic E-state index is 12.0. The van der Waals surface area contributed by atoms with E-state index in [1.165, 1.54) is 6.08 Å². The number of nitrogens with zero attached hydrogens (tertiary/aromatic N) is 2.